The van der Waals surface area contributed by atoms with E-state index in [0.29, 0.717) is 25.4 Å². The van der Waals surface area contributed by atoms with Crippen LogP contribution < -0.4 is 5.32 Å². The Hall–Kier alpha value is -2.45. The molecular weight excluding hydrogens is 400 g/mol. The molecule has 8 heteroatoms. The summed E-state index contributed by atoms with van der Waals surface area (Å²) in [6.45, 7) is 1.30. The largest absolute Gasteiger partial charge is 0.383 e. The van der Waals surface area contributed by atoms with E-state index < -0.39 is 0 Å². The van der Waals surface area contributed by atoms with Crippen molar-refractivity contribution in [1.82, 2.24) is 14.4 Å². The predicted molar refractivity (Wildman–Crippen MR) is 120 cm³/mol. The number of carbonyl (C=O) groups is 2. The van der Waals surface area contributed by atoms with Gasteiger partial charge in [-0.1, -0.05) is 0 Å². The highest BCUT2D eigenvalue weighted by Crippen LogP contribution is 2.28. The van der Waals surface area contributed by atoms with Crippen LogP contribution in [0.15, 0.2) is 47.5 Å². The van der Waals surface area contributed by atoms with Crippen LogP contribution in [0, 0.1) is 0 Å². The second kappa shape index (κ2) is 10.5. The molecule has 162 valence electrons. The zero-order chi connectivity index (χ0) is 21.5. The van der Waals surface area contributed by atoms with Crippen molar-refractivity contribution < 1.29 is 14.3 Å². The Morgan fingerprint density at radius 3 is 2.53 bits per heavy atom. The van der Waals surface area contributed by atoms with Crippen molar-refractivity contribution in [1.29, 1.82) is 0 Å². The normalized spacial score (nSPS) is 13.2. The summed E-state index contributed by atoms with van der Waals surface area (Å²) in [7, 11) is 3.57. The zero-order valence-electron chi connectivity index (χ0n) is 17.8. The molecule has 1 saturated carbocycles. The highest BCUT2D eigenvalue weighted by Gasteiger charge is 2.34. The summed E-state index contributed by atoms with van der Waals surface area (Å²) in [5.41, 5.74) is 1.78. The van der Waals surface area contributed by atoms with Gasteiger partial charge in [-0.2, -0.15) is 0 Å². The summed E-state index contributed by atoms with van der Waals surface area (Å²) in [6, 6.07) is 11.6. The number of ether oxygens (including phenoxy) is 1. The number of amides is 3. The SMILES string of the molecule is COCCN(CC(=O)N(Cc1cccn1C)C1CC1)C(=O)Nc1ccc(SC)cc1. The molecule has 1 N–H and O–H groups in total. The van der Waals surface area contributed by atoms with Crippen molar-refractivity contribution in [2.24, 2.45) is 7.05 Å². The molecule has 0 aliphatic heterocycles. The third-order valence-corrected chi connectivity index (χ3v) is 5.96. The average Bonchev–Trinajstić information content (AvgIpc) is 3.51. The number of hydrogen-bond donors (Lipinski definition) is 1. The summed E-state index contributed by atoms with van der Waals surface area (Å²) in [4.78, 5) is 30.5. The van der Waals surface area contributed by atoms with E-state index in [1.165, 1.54) is 4.90 Å². The molecule has 1 aromatic heterocycles. The molecule has 1 heterocycles. The first kappa shape index (κ1) is 22.2. The number of rotatable bonds is 10. The van der Waals surface area contributed by atoms with Gasteiger partial charge >= 0.3 is 6.03 Å². The Morgan fingerprint density at radius 2 is 1.97 bits per heavy atom. The molecule has 0 unspecified atom stereocenters. The van der Waals surface area contributed by atoms with Crippen molar-refractivity contribution in [2.75, 3.05) is 38.4 Å². The molecule has 30 heavy (non-hydrogen) atoms. The van der Waals surface area contributed by atoms with Crippen molar-refractivity contribution in [3.05, 3.63) is 48.3 Å². The van der Waals surface area contributed by atoms with Gasteiger partial charge < -0.3 is 24.4 Å². The Morgan fingerprint density at radius 1 is 1.23 bits per heavy atom. The molecule has 3 amide bonds. The number of thioether (sulfide) groups is 1. The fourth-order valence-electron chi connectivity index (χ4n) is 3.23. The molecular formula is C22H30N4O3S. The number of hydrogen-bond acceptors (Lipinski definition) is 4. The predicted octanol–water partition coefficient (Wildman–Crippen LogP) is 3.42. The first-order chi connectivity index (χ1) is 14.5. The third-order valence-electron chi connectivity index (χ3n) is 5.21. The molecule has 1 aliphatic carbocycles. The van der Waals surface area contributed by atoms with Crippen LogP contribution in [0.25, 0.3) is 0 Å². The van der Waals surface area contributed by atoms with Crippen LogP contribution >= 0.6 is 11.8 Å². The molecule has 0 spiro atoms. The maximum atomic E-state index is 13.1. The monoisotopic (exact) mass is 430 g/mol. The number of aromatic nitrogens is 1. The maximum Gasteiger partial charge on any atom is 0.322 e. The number of nitrogens with one attached hydrogen (secondary N) is 1. The maximum absolute atomic E-state index is 13.1. The Balaban J connectivity index is 1.66. The Kier molecular flexibility index (Phi) is 7.81. The number of carbonyl (C=O) groups excluding carboxylic acids is 2. The Labute approximate surface area is 182 Å². The van der Waals surface area contributed by atoms with Gasteiger partial charge in [0.2, 0.25) is 5.91 Å². The molecule has 0 atom stereocenters. The molecule has 7 nitrogen and oxygen atoms in total. The fraction of sp³-hybridized carbons (Fsp3) is 0.455. The average molecular weight is 431 g/mol. The van der Waals surface area contributed by atoms with E-state index in [4.69, 9.17) is 4.74 Å². The van der Waals surface area contributed by atoms with Crippen LogP contribution in [-0.2, 0) is 23.1 Å². The van der Waals surface area contributed by atoms with Crippen LogP contribution in [0.2, 0.25) is 0 Å². The molecule has 2 aromatic rings. The lowest BCUT2D eigenvalue weighted by atomic mass is 10.3. The van der Waals surface area contributed by atoms with Gasteiger partial charge in [-0.25, -0.2) is 4.79 Å². The van der Waals surface area contributed by atoms with E-state index in [0.717, 1.165) is 23.4 Å². The fourth-order valence-corrected chi connectivity index (χ4v) is 3.64. The summed E-state index contributed by atoms with van der Waals surface area (Å²) < 4.78 is 7.18. The highest BCUT2D eigenvalue weighted by atomic mass is 32.2. The zero-order valence-corrected chi connectivity index (χ0v) is 18.7. The lowest BCUT2D eigenvalue weighted by molar-refractivity contribution is -0.133. The molecule has 0 bridgehead atoms. The Bertz CT molecular complexity index is 848. The van der Waals surface area contributed by atoms with Gasteiger partial charge in [0.1, 0.15) is 6.54 Å². The van der Waals surface area contributed by atoms with Gasteiger partial charge in [0, 0.05) is 49.2 Å². The van der Waals surface area contributed by atoms with Crippen molar-refractivity contribution >= 4 is 29.4 Å². The van der Waals surface area contributed by atoms with Crippen LogP contribution in [0.3, 0.4) is 0 Å². The summed E-state index contributed by atoms with van der Waals surface area (Å²) in [6.07, 6.45) is 6.02. The van der Waals surface area contributed by atoms with Gasteiger partial charge in [0.15, 0.2) is 0 Å². The van der Waals surface area contributed by atoms with Gasteiger partial charge in [-0.15, -0.1) is 11.8 Å². The molecule has 1 aromatic carbocycles. The number of urea groups is 1. The van der Waals surface area contributed by atoms with E-state index >= 15 is 0 Å². The second-order valence-corrected chi connectivity index (χ2v) is 8.32. The number of aryl methyl sites for hydroxylation is 1. The van der Waals surface area contributed by atoms with Crippen molar-refractivity contribution in [3.8, 4) is 0 Å². The highest BCUT2D eigenvalue weighted by molar-refractivity contribution is 7.98. The van der Waals surface area contributed by atoms with E-state index in [1.807, 2.05) is 65.4 Å². The van der Waals surface area contributed by atoms with Crippen LogP contribution in [0.5, 0.6) is 0 Å². The smallest absolute Gasteiger partial charge is 0.322 e. The minimum atomic E-state index is -0.299. The molecule has 1 fully saturated rings. The minimum Gasteiger partial charge on any atom is -0.383 e. The van der Waals surface area contributed by atoms with Crippen LogP contribution in [0.1, 0.15) is 18.5 Å². The van der Waals surface area contributed by atoms with Gasteiger partial charge in [-0.3, -0.25) is 4.79 Å². The van der Waals surface area contributed by atoms with Crippen LogP contribution in [0.4, 0.5) is 10.5 Å². The lowest BCUT2D eigenvalue weighted by Gasteiger charge is -2.28. The topological polar surface area (TPSA) is 66.8 Å². The number of methoxy groups -OCH3 is 1. The summed E-state index contributed by atoms with van der Waals surface area (Å²) in [5, 5.41) is 2.89. The van der Waals surface area contributed by atoms with E-state index in [9.17, 15) is 9.59 Å². The van der Waals surface area contributed by atoms with Crippen molar-refractivity contribution in [3.63, 3.8) is 0 Å². The first-order valence-corrected chi connectivity index (χ1v) is 11.3. The first-order valence-electron chi connectivity index (χ1n) is 10.1. The number of nitrogens with zero attached hydrogens (tertiary/aromatic N) is 3. The summed E-state index contributed by atoms with van der Waals surface area (Å²) >= 11 is 1.64. The molecule has 0 radical (unpaired) electrons. The number of anilines is 1. The molecule has 1 aliphatic rings. The minimum absolute atomic E-state index is 0.0268. The lowest BCUT2D eigenvalue weighted by Crippen LogP contribution is -2.46. The molecule has 3 rings (SSSR count). The molecule has 0 saturated heterocycles. The second-order valence-electron chi connectivity index (χ2n) is 7.44. The van der Waals surface area contributed by atoms with E-state index in [2.05, 4.69) is 5.32 Å². The summed E-state index contributed by atoms with van der Waals surface area (Å²) in [5.74, 6) is -0.0392. The number of benzene rings is 1. The standard InChI is InChI=1S/C22H30N4O3S/c1-24-12-4-5-19(24)15-26(18-8-9-18)21(27)16-25(13-14-29-2)22(28)23-17-6-10-20(30-3)11-7-17/h4-7,10-12,18H,8-9,13-16H2,1-3H3,(H,23,28). The van der Waals surface area contributed by atoms with E-state index in [-0.39, 0.29) is 24.5 Å². The van der Waals surface area contributed by atoms with Gasteiger partial charge in [-0.05, 0) is 55.5 Å². The van der Waals surface area contributed by atoms with Crippen LogP contribution in [-0.4, -0.2) is 65.4 Å². The van der Waals surface area contributed by atoms with Crippen molar-refractivity contribution in [2.45, 2.75) is 30.3 Å². The van der Waals surface area contributed by atoms with E-state index in [1.54, 1.807) is 18.9 Å². The third kappa shape index (κ3) is 6.03. The van der Waals surface area contributed by atoms with Gasteiger partial charge in [0.05, 0.1) is 13.2 Å². The van der Waals surface area contributed by atoms with Gasteiger partial charge in [0.25, 0.3) is 0 Å². The quantitative estimate of drug-likeness (QED) is 0.587.